The van der Waals surface area contributed by atoms with E-state index in [0.717, 1.165) is 38.3 Å². The summed E-state index contributed by atoms with van der Waals surface area (Å²) in [5, 5.41) is 18.5. The van der Waals surface area contributed by atoms with Crippen LogP contribution in [-0.2, 0) is 0 Å². The summed E-state index contributed by atoms with van der Waals surface area (Å²) >= 11 is 0. The van der Waals surface area contributed by atoms with Gasteiger partial charge in [-0.1, -0.05) is 26.7 Å². The number of rotatable bonds is 7. The summed E-state index contributed by atoms with van der Waals surface area (Å²) in [5.41, 5.74) is 0. The molecule has 3 unspecified atom stereocenters. The fraction of sp³-hybridized carbons (Fsp3) is 0.933. The van der Waals surface area contributed by atoms with Crippen LogP contribution >= 0.6 is 0 Å². The van der Waals surface area contributed by atoms with Crippen molar-refractivity contribution in [3.8, 4) is 6.07 Å². The molecule has 0 heterocycles. The Labute approximate surface area is 112 Å². The Morgan fingerprint density at radius 1 is 1.28 bits per heavy atom. The quantitative estimate of drug-likeness (QED) is 0.758. The van der Waals surface area contributed by atoms with Gasteiger partial charge in [0.1, 0.15) is 0 Å². The van der Waals surface area contributed by atoms with Crippen molar-refractivity contribution in [1.29, 1.82) is 5.26 Å². The average Bonchev–Trinajstić information content (AvgIpc) is 2.42. The molecule has 0 spiro atoms. The zero-order valence-electron chi connectivity index (χ0n) is 11.9. The predicted octanol–water partition coefficient (Wildman–Crippen LogP) is 2.80. The van der Waals surface area contributed by atoms with Crippen molar-refractivity contribution in [2.45, 2.75) is 58.4 Å². The largest absolute Gasteiger partial charge is 0.395 e. The second kappa shape index (κ2) is 8.50. The number of hydrogen-bond acceptors (Lipinski definition) is 3. The molecular weight excluding hydrogens is 224 g/mol. The first kappa shape index (κ1) is 15.5. The van der Waals surface area contributed by atoms with Gasteiger partial charge in [0.2, 0.25) is 0 Å². The molecule has 0 aromatic carbocycles. The summed E-state index contributed by atoms with van der Waals surface area (Å²) in [6, 6.07) is 2.86. The molecule has 0 aliphatic heterocycles. The van der Waals surface area contributed by atoms with Crippen molar-refractivity contribution in [3.05, 3.63) is 0 Å². The van der Waals surface area contributed by atoms with E-state index in [4.69, 9.17) is 0 Å². The molecule has 104 valence electrons. The first-order chi connectivity index (χ1) is 8.76. The molecule has 1 aliphatic carbocycles. The van der Waals surface area contributed by atoms with E-state index in [0.29, 0.717) is 6.04 Å². The summed E-state index contributed by atoms with van der Waals surface area (Å²) in [6.07, 6.45) is 6.92. The minimum atomic E-state index is 0.163. The topological polar surface area (TPSA) is 47.3 Å². The van der Waals surface area contributed by atoms with Crippen LogP contribution in [0, 0.1) is 23.2 Å². The van der Waals surface area contributed by atoms with E-state index in [9.17, 15) is 10.4 Å². The van der Waals surface area contributed by atoms with E-state index in [-0.39, 0.29) is 12.5 Å². The smallest absolute Gasteiger partial charge is 0.0672 e. The van der Waals surface area contributed by atoms with Crippen LogP contribution in [0.3, 0.4) is 0 Å². The first-order valence-electron chi connectivity index (χ1n) is 7.51. The van der Waals surface area contributed by atoms with Crippen LogP contribution in [0.1, 0.15) is 52.4 Å². The third-order valence-electron chi connectivity index (χ3n) is 4.32. The third kappa shape index (κ3) is 4.26. The van der Waals surface area contributed by atoms with Gasteiger partial charge in [-0.2, -0.15) is 5.26 Å². The standard InChI is InChI=1S/C15H28N2O/c1-3-5-8-17(9-10-18)15-11-13(4-2)6-7-14(15)12-16/h13-15,18H,3-11H2,1-2H3. The van der Waals surface area contributed by atoms with E-state index < -0.39 is 0 Å². The van der Waals surface area contributed by atoms with Gasteiger partial charge in [0, 0.05) is 12.6 Å². The molecule has 0 aromatic rings. The molecule has 3 nitrogen and oxygen atoms in total. The Morgan fingerprint density at radius 3 is 2.61 bits per heavy atom. The van der Waals surface area contributed by atoms with Crippen LogP contribution in [0.5, 0.6) is 0 Å². The summed E-state index contributed by atoms with van der Waals surface area (Å²) in [5.74, 6) is 0.929. The van der Waals surface area contributed by atoms with E-state index >= 15 is 0 Å². The maximum atomic E-state index is 9.32. The Bertz CT molecular complexity index is 262. The summed E-state index contributed by atoms with van der Waals surface area (Å²) in [6.45, 7) is 6.39. The summed E-state index contributed by atoms with van der Waals surface area (Å²) in [4.78, 5) is 2.36. The molecule has 0 bridgehead atoms. The lowest BCUT2D eigenvalue weighted by Gasteiger charge is -2.40. The monoisotopic (exact) mass is 252 g/mol. The molecule has 3 atom stereocenters. The molecule has 3 heteroatoms. The van der Waals surface area contributed by atoms with Gasteiger partial charge in [0.05, 0.1) is 18.6 Å². The van der Waals surface area contributed by atoms with Gasteiger partial charge in [-0.05, 0) is 38.1 Å². The molecule has 0 amide bonds. The Kier molecular flexibility index (Phi) is 7.31. The maximum Gasteiger partial charge on any atom is 0.0672 e. The number of hydrogen-bond donors (Lipinski definition) is 1. The number of nitriles is 1. The molecule has 1 aliphatic rings. The lowest BCUT2D eigenvalue weighted by atomic mass is 9.77. The molecule has 0 aromatic heterocycles. The van der Waals surface area contributed by atoms with Gasteiger partial charge >= 0.3 is 0 Å². The molecule has 18 heavy (non-hydrogen) atoms. The van der Waals surface area contributed by atoms with Crippen molar-refractivity contribution in [2.75, 3.05) is 19.7 Å². The van der Waals surface area contributed by atoms with Crippen molar-refractivity contribution in [1.82, 2.24) is 4.90 Å². The normalized spacial score (nSPS) is 28.3. The first-order valence-corrected chi connectivity index (χ1v) is 7.51. The molecule has 0 saturated heterocycles. The fourth-order valence-electron chi connectivity index (χ4n) is 3.09. The Balaban J connectivity index is 2.67. The zero-order chi connectivity index (χ0) is 13.4. The Hall–Kier alpha value is -0.590. The maximum absolute atomic E-state index is 9.32. The van der Waals surface area contributed by atoms with Crippen LogP contribution in [0.25, 0.3) is 0 Å². The van der Waals surface area contributed by atoms with Crippen molar-refractivity contribution in [3.63, 3.8) is 0 Å². The van der Waals surface area contributed by atoms with E-state index in [1.54, 1.807) is 0 Å². The lowest BCUT2D eigenvalue weighted by Crippen LogP contribution is -2.45. The van der Waals surface area contributed by atoms with Crippen LogP contribution in [-0.4, -0.2) is 35.7 Å². The number of aliphatic hydroxyl groups is 1. The lowest BCUT2D eigenvalue weighted by molar-refractivity contribution is 0.0799. The van der Waals surface area contributed by atoms with Gasteiger partial charge in [0.25, 0.3) is 0 Å². The SMILES string of the molecule is CCCCN(CCO)C1CC(CC)CCC1C#N. The van der Waals surface area contributed by atoms with Gasteiger partial charge in [0.15, 0.2) is 0 Å². The summed E-state index contributed by atoms with van der Waals surface area (Å²) in [7, 11) is 0. The molecular formula is C15H28N2O. The fourth-order valence-corrected chi connectivity index (χ4v) is 3.09. The van der Waals surface area contributed by atoms with Gasteiger partial charge in [-0.15, -0.1) is 0 Å². The minimum absolute atomic E-state index is 0.163. The van der Waals surface area contributed by atoms with Crippen molar-refractivity contribution in [2.24, 2.45) is 11.8 Å². The Morgan fingerprint density at radius 2 is 2.06 bits per heavy atom. The highest BCUT2D eigenvalue weighted by Crippen LogP contribution is 2.33. The molecule has 1 rings (SSSR count). The average molecular weight is 252 g/mol. The van der Waals surface area contributed by atoms with Crippen LogP contribution < -0.4 is 0 Å². The minimum Gasteiger partial charge on any atom is -0.395 e. The highest BCUT2D eigenvalue weighted by atomic mass is 16.3. The van der Waals surface area contributed by atoms with E-state index in [2.05, 4.69) is 24.8 Å². The third-order valence-corrected chi connectivity index (χ3v) is 4.32. The van der Waals surface area contributed by atoms with Gasteiger partial charge < -0.3 is 5.11 Å². The van der Waals surface area contributed by atoms with Crippen molar-refractivity contribution < 1.29 is 5.11 Å². The number of nitrogens with zero attached hydrogens (tertiary/aromatic N) is 2. The van der Waals surface area contributed by atoms with E-state index in [1.807, 2.05) is 0 Å². The molecule has 1 fully saturated rings. The number of unbranched alkanes of at least 4 members (excludes halogenated alkanes) is 1. The van der Waals surface area contributed by atoms with E-state index in [1.165, 1.54) is 19.3 Å². The molecule has 1 N–H and O–H groups in total. The highest BCUT2D eigenvalue weighted by molar-refractivity contribution is 4.97. The van der Waals surface area contributed by atoms with Gasteiger partial charge in [-0.25, -0.2) is 0 Å². The second-order valence-electron chi connectivity index (χ2n) is 5.50. The van der Waals surface area contributed by atoms with Crippen molar-refractivity contribution >= 4 is 0 Å². The van der Waals surface area contributed by atoms with Crippen LogP contribution in [0.15, 0.2) is 0 Å². The molecule has 1 saturated carbocycles. The zero-order valence-corrected chi connectivity index (χ0v) is 11.9. The van der Waals surface area contributed by atoms with Gasteiger partial charge in [-0.3, -0.25) is 4.90 Å². The second-order valence-corrected chi connectivity index (χ2v) is 5.50. The van der Waals surface area contributed by atoms with Crippen LogP contribution in [0.2, 0.25) is 0 Å². The summed E-state index contributed by atoms with van der Waals surface area (Å²) < 4.78 is 0. The molecule has 0 radical (unpaired) electrons. The predicted molar refractivity (Wildman–Crippen MR) is 74.1 cm³/mol. The highest BCUT2D eigenvalue weighted by Gasteiger charge is 2.33. The van der Waals surface area contributed by atoms with Crippen LogP contribution in [0.4, 0.5) is 0 Å². The number of aliphatic hydroxyl groups excluding tert-OH is 1.